The number of nitrogens with zero attached hydrogens (tertiary/aromatic N) is 1. The number of rotatable bonds is 7. The van der Waals surface area contributed by atoms with Crippen LogP contribution in [0.4, 0.5) is 0 Å². The van der Waals surface area contributed by atoms with Crippen LogP contribution in [0, 0.1) is 0 Å². The van der Waals surface area contributed by atoms with E-state index >= 15 is 0 Å². The van der Waals surface area contributed by atoms with Crippen LogP contribution in [0.3, 0.4) is 0 Å². The molecule has 3 heteroatoms. The summed E-state index contributed by atoms with van der Waals surface area (Å²) < 4.78 is 0. The maximum absolute atomic E-state index is 9.64. The molecule has 90 valence electrons. The van der Waals surface area contributed by atoms with Gasteiger partial charge in [0, 0.05) is 19.1 Å². The number of aliphatic hydroxyl groups excluding tert-OH is 1. The third-order valence-corrected chi connectivity index (χ3v) is 3.30. The lowest BCUT2D eigenvalue weighted by Crippen LogP contribution is -2.40. The maximum Gasteiger partial charge on any atom is 0.0693 e. The second-order valence-corrected chi connectivity index (χ2v) is 4.49. The highest BCUT2D eigenvalue weighted by Gasteiger charge is 2.24. The largest absolute Gasteiger partial charge is 0.392 e. The van der Waals surface area contributed by atoms with Crippen molar-refractivity contribution in [3.8, 4) is 0 Å². The quantitative estimate of drug-likeness (QED) is 0.669. The number of hydrogen-bond acceptors (Lipinski definition) is 3. The number of hydrogen-bond donors (Lipinski definition) is 2. The zero-order chi connectivity index (χ0) is 11.1. The molecule has 0 spiro atoms. The summed E-state index contributed by atoms with van der Waals surface area (Å²) in [6.45, 7) is 8.86. The van der Waals surface area contributed by atoms with Crippen LogP contribution in [0.15, 0.2) is 0 Å². The van der Waals surface area contributed by atoms with E-state index in [0.29, 0.717) is 6.04 Å². The number of likely N-dealkylation sites (N-methyl/N-ethyl adjacent to an activating group) is 1. The molecule has 1 fully saturated rings. The van der Waals surface area contributed by atoms with Gasteiger partial charge >= 0.3 is 0 Å². The molecule has 0 aromatic heterocycles. The predicted octanol–water partition coefficient (Wildman–Crippen LogP) is 1.22. The molecule has 0 unspecified atom stereocenters. The van der Waals surface area contributed by atoms with Crippen LogP contribution < -0.4 is 5.32 Å². The van der Waals surface area contributed by atoms with Crippen LogP contribution in [0.2, 0.25) is 0 Å². The Bertz CT molecular complexity index is 164. The molecule has 1 aliphatic carbocycles. The van der Waals surface area contributed by atoms with Crippen molar-refractivity contribution in [3.63, 3.8) is 0 Å². The summed E-state index contributed by atoms with van der Waals surface area (Å²) in [5.41, 5.74) is 0. The van der Waals surface area contributed by atoms with Crippen molar-refractivity contribution < 1.29 is 5.11 Å². The monoisotopic (exact) mass is 214 g/mol. The van der Waals surface area contributed by atoms with Gasteiger partial charge < -0.3 is 15.3 Å². The predicted molar refractivity (Wildman–Crippen MR) is 64.1 cm³/mol. The van der Waals surface area contributed by atoms with E-state index in [1.807, 2.05) is 0 Å². The van der Waals surface area contributed by atoms with Crippen molar-refractivity contribution >= 4 is 0 Å². The fraction of sp³-hybridized carbons (Fsp3) is 1.00. The van der Waals surface area contributed by atoms with E-state index in [0.717, 1.165) is 32.5 Å². The molecule has 0 radical (unpaired) electrons. The van der Waals surface area contributed by atoms with E-state index < -0.39 is 0 Å². The molecule has 1 rings (SSSR count). The molecule has 0 aromatic carbocycles. The fourth-order valence-electron chi connectivity index (χ4n) is 2.33. The van der Waals surface area contributed by atoms with Gasteiger partial charge in [-0.3, -0.25) is 0 Å². The molecule has 0 aromatic rings. The molecule has 0 aliphatic heterocycles. The Hall–Kier alpha value is -0.120. The highest BCUT2D eigenvalue weighted by Crippen LogP contribution is 2.18. The van der Waals surface area contributed by atoms with E-state index in [1.54, 1.807) is 0 Å². The highest BCUT2D eigenvalue weighted by molar-refractivity contribution is 4.82. The van der Waals surface area contributed by atoms with Gasteiger partial charge in [0.25, 0.3) is 0 Å². The third-order valence-electron chi connectivity index (χ3n) is 3.30. The SMILES string of the molecule is CCCN(CC)CCN[C@@H]1CCC[C@H]1O. The van der Waals surface area contributed by atoms with Gasteiger partial charge in [0.2, 0.25) is 0 Å². The summed E-state index contributed by atoms with van der Waals surface area (Å²) in [6, 6.07) is 0.352. The minimum absolute atomic E-state index is 0.105. The Balaban J connectivity index is 2.08. The Labute approximate surface area is 93.9 Å². The molecule has 1 saturated carbocycles. The second kappa shape index (κ2) is 7.20. The van der Waals surface area contributed by atoms with E-state index in [4.69, 9.17) is 0 Å². The first kappa shape index (κ1) is 12.9. The molecular formula is C12H26N2O. The smallest absolute Gasteiger partial charge is 0.0693 e. The summed E-state index contributed by atoms with van der Waals surface area (Å²) in [5, 5.41) is 13.1. The van der Waals surface area contributed by atoms with Crippen LogP contribution in [-0.4, -0.2) is 48.3 Å². The second-order valence-electron chi connectivity index (χ2n) is 4.49. The lowest BCUT2D eigenvalue weighted by Gasteiger charge is -2.22. The summed E-state index contributed by atoms with van der Waals surface area (Å²) in [7, 11) is 0. The minimum atomic E-state index is -0.105. The van der Waals surface area contributed by atoms with Gasteiger partial charge in [0.05, 0.1) is 6.10 Å². The van der Waals surface area contributed by atoms with Gasteiger partial charge in [0.15, 0.2) is 0 Å². The van der Waals surface area contributed by atoms with Crippen LogP contribution in [0.5, 0.6) is 0 Å². The van der Waals surface area contributed by atoms with Crippen molar-refractivity contribution in [1.29, 1.82) is 0 Å². The normalized spacial score (nSPS) is 26.4. The molecule has 0 amide bonds. The topological polar surface area (TPSA) is 35.5 Å². The Morgan fingerprint density at radius 2 is 2.07 bits per heavy atom. The summed E-state index contributed by atoms with van der Waals surface area (Å²) in [4.78, 5) is 2.45. The van der Waals surface area contributed by atoms with Crippen LogP contribution >= 0.6 is 0 Å². The standard InChI is InChI=1S/C12H26N2O/c1-3-9-14(4-2)10-8-13-11-6-5-7-12(11)15/h11-13,15H,3-10H2,1-2H3/t11-,12-/m1/s1. The molecule has 3 nitrogen and oxygen atoms in total. The Kier molecular flexibility index (Phi) is 6.22. The van der Waals surface area contributed by atoms with Crippen molar-refractivity contribution in [2.75, 3.05) is 26.2 Å². The van der Waals surface area contributed by atoms with Gasteiger partial charge in [0.1, 0.15) is 0 Å². The van der Waals surface area contributed by atoms with Crippen LogP contribution in [-0.2, 0) is 0 Å². The average Bonchev–Trinajstić information content (AvgIpc) is 2.63. The lowest BCUT2D eigenvalue weighted by molar-refractivity contribution is 0.146. The first-order chi connectivity index (χ1) is 7.27. The maximum atomic E-state index is 9.64. The lowest BCUT2D eigenvalue weighted by atomic mass is 10.2. The molecule has 0 heterocycles. The molecule has 1 aliphatic rings. The molecule has 15 heavy (non-hydrogen) atoms. The van der Waals surface area contributed by atoms with Crippen LogP contribution in [0.25, 0.3) is 0 Å². The molecule has 2 N–H and O–H groups in total. The van der Waals surface area contributed by atoms with E-state index in [1.165, 1.54) is 19.4 Å². The van der Waals surface area contributed by atoms with E-state index in [2.05, 4.69) is 24.1 Å². The van der Waals surface area contributed by atoms with Crippen LogP contribution in [0.1, 0.15) is 39.5 Å². The zero-order valence-electron chi connectivity index (χ0n) is 10.2. The van der Waals surface area contributed by atoms with Gasteiger partial charge in [-0.15, -0.1) is 0 Å². The molecule has 0 bridgehead atoms. The van der Waals surface area contributed by atoms with Gasteiger partial charge in [-0.05, 0) is 38.8 Å². The van der Waals surface area contributed by atoms with Crippen molar-refractivity contribution in [3.05, 3.63) is 0 Å². The van der Waals surface area contributed by atoms with Crippen molar-refractivity contribution in [2.45, 2.75) is 51.7 Å². The first-order valence-electron chi connectivity index (χ1n) is 6.41. The van der Waals surface area contributed by atoms with E-state index in [9.17, 15) is 5.11 Å². The van der Waals surface area contributed by atoms with E-state index in [-0.39, 0.29) is 6.10 Å². The van der Waals surface area contributed by atoms with Gasteiger partial charge in [-0.25, -0.2) is 0 Å². The fourth-order valence-corrected chi connectivity index (χ4v) is 2.33. The highest BCUT2D eigenvalue weighted by atomic mass is 16.3. The van der Waals surface area contributed by atoms with Gasteiger partial charge in [-0.2, -0.15) is 0 Å². The van der Waals surface area contributed by atoms with Gasteiger partial charge in [-0.1, -0.05) is 13.8 Å². The summed E-state index contributed by atoms with van der Waals surface area (Å²) >= 11 is 0. The molecule has 2 atom stereocenters. The Morgan fingerprint density at radius 3 is 2.60 bits per heavy atom. The van der Waals surface area contributed by atoms with Crippen molar-refractivity contribution in [2.24, 2.45) is 0 Å². The molecular weight excluding hydrogens is 188 g/mol. The first-order valence-corrected chi connectivity index (χ1v) is 6.41. The number of aliphatic hydroxyl groups is 1. The Morgan fingerprint density at radius 1 is 1.27 bits per heavy atom. The summed E-state index contributed by atoms with van der Waals surface area (Å²) in [6.07, 6.45) is 4.40. The molecule has 0 saturated heterocycles. The number of nitrogens with one attached hydrogen (secondary N) is 1. The minimum Gasteiger partial charge on any atom is -0.392 e. The third kappa shape index (κ3) is 4.49. The van der Waals surface area contributed by atoms with Crippen molar-refractivity contribution in [1.82, 2.24) is 10.2 Å². The zero-order valence-corrected chi connectivity index (χ0v) is 10.2. The average molecular weight is 214 g/mol. The summed E-state index contributed by atoms with van der Waals surface area (Å²) in [5.74, 6) is 0.